The third-order valence-electron chi connectivity index (χ3n) is 3.45. The van der Waals surface area contributed by atoms with E-state index >= 15 is 0 Å². The normalized spacial score (nSPS) is 11.5. The first-order valence-corrected chi connectivity index (χ1v) is 7.08. The van der Waals surface area contributed by atoms with E-state index in [1.165, 1.54) is 16.7 Å². The zero-order chi connectivity index (χ0) is 14.6. The summed E-state index contributed by atoms with van der Waals surface area (Å²) in [5.41, 5.74) is 3.39. The molecule has 0 radical (unpaired) electrons. The standard InChI is InChI=1S/C17H26O2/c1-7-14(18)11-17(5,6)16-13(4)9-12(3)10-15(16)19-8-2/h9-10H,7-8,11H2,1-6H3. The van der Waals surface area contributed by atoms with Crippen LogP contribution in [-0.4, -0.2) is 12.4 Å². The van der Waals surface area contributed by atoms with Gasteiger partial charge in [-0.05, 0) is 38.0 Å². The quantitative estimate of drug-likeness (QED) is 0.762. The molecule has 1 aromatic carbocycles. The van der Waals surface area contributed by atoms with Crippen molar-refractivity contribution in [2.75, 3.05) is 6.61 Å². The molecule has 2 heteroatoms. The summed E-state index contributed by atoms with van der Waals surface area (Å²) in [6, 6.07) is 4.24. The average molecular weight is 262 g/mol. The molecule has 0 heterocycles. The largest absolute Gasteiger partial charge is 0.494 e. The molecular formula is C17H26O2. The van der Waals surface area contributed by atoms with Crippen LogP contribution in [0.2, 0.25) is 0 Å². The lowest BCUT2D eigenvalue weighted by Crippen LogP contribution is -2.24. The minimum Gasteiger partial charge on any atom is -0.494 e. The van der Waals surface area contributed by atoms with Gasteiger partial charge >= 0.3 is 0 Å². The summed E-state index contributed by atoms with van der Waals surface area (Å²) in [4.78, 5) is 11.8. The maximum atomic E-state index is 11.8. The number of rotatable bonds is 6. The topological polar surface area (TPSA) is 26.3 Å². The van der Waals surface area contributed by atoms with Crippen molar-refractivity contribution in [3.8, 4) is 5.75 Å². The van der Waals surface area contributed by atoms with Crippen LogP contribution in [0.1, 0.15) is 57.2 Å². The third kappa shape index (κ3) is 3.82. The van der Waals surface area contributed by atoms with Gasteiger partial charge in [0.15, 0.2) is 0 Å². The molecule has 0 spiro atoms. The first-order valence-electron chi connectivity index (χ1n) is 7.08. The summed E-state index contributed by atoms with van der Waals surface area (Å²) in [7, 11) is 0. The van der Waals surface area contributed by atoms with Crippen LogP contribution >= 0.6 is 0 Å². The van der Waals surface area contributed by atoms with Crippen LogP contribution in [0.4, 0.5) is 0 Å². The second kappa shape index (κ2) is 6.23. The highest BCUT2D eigenvalue weighted by atomic mass is 16.5. The molecule has 0 saturated heterocycles. The van der Waals surface area contributed by atoms with E-state index < -0.39 is 0 Å². The molecule has 0 N–H and O–H groups in total. The smallest absolute Gasteiger partial charge is 0.133 e. The predicted molar refractivity (Wildman–Crippen MR) is 80.0 cm³/mol. The molecular weight excluding hydrogens is 236 g/mol. The Morgan fingerprint density at radius 2 is 1.84 bits per heavy atom. The molecule has 2 nitrogen and oxygen atoms in total. The van der Waals surface area contributed by atoms with Crippen molar-refractivity contribution < 1.29 is 9.53 Å². The molecule has 0 bridgehead atoms. The second-order valence-electron chi connectivity index (χ2n) is 5.84. The zero-order valence-electron chi connectivity index (χ0n) is 13.1. The Hall–Kier alpha value is -1.31. The van der Waals surface area contributed by atoms with E-state index in [0.29, 0.717) is 25.2 Å². The maximum Gasteiger partial charge on any atom is 0.133 e. The van der Waals surface area contributed by atoms with Crippen molar-refractivity contribution in [2.45, 2.75) is 59.8 Å². The van der Waals surface area contributed by atoms with Gasteiger partial charge in [0.2, 0.25) is 0 Å². The van der Waals surface area contributed by atoms with E-state index in [1.807, 2.05) is 13.8 Å². The highest BCUT2D eigenvalue weighted by Gasteiger charge is 2.28. The Morgan fingerprint density at radius 3 is 2.37 bits per heavy atom. The number of benzene rings is 1. The van der Waals surface area contributed by atoms with Crippen LogP contribution in [0, 0.1) is 13.8 Å². The van der Waals surface area contributed by atoms with E-state index in [2.05, 4.69) is 39.8 Å². The predicted octanol–water partition coefficient (Wildman–Crippen LogP) is 4.35. The van der Waals surface area contributed by atoms with Gasteiger partial charge in [-0.3, -0.25) is 4.79 Å². The fourth-order valence-electron chi connectivity index (χ4n) is 2.77. The fourth-order valence-corrected chi connectivity index (χ4v) is 2.77. The highest BCUT2D eigenvalue weighted by Crippen LogP contribution is 2.38. The van der Waals surface area contributed by atoms with Crippen molar-refractivity contribution in [1.82, 2.24) is 0 Å². The fraction of sp³-hybridized carbons (Fsp3) is 0.588. The van der Waals surface area contributed by atoms with Crippen molar-refractivity contribution in [2.24, 2.45) is 0 Å². The lowest BCUT2D eigenvalue weighted by Gasteiger charge is -2.29. The van der Waals surface area contributed by atoms with Gasteiger partial charge < -0.3 is 4.74 Å². The summed E-state index contributed by atoms with van der Waals surface area (Å²) >= 11 is 0. The average Bonchev–Trinajstić information content (AvgIpc) is 2.27. The Morgan fingerprint density at radius 1 is 1.21 bits per heavy atom. The van der Waals surface area contributed by atoms with E-state index in [-0.39, 0.29) is 5.41 Å². The molecule has 0 aliphatic heterocycles. The molecule has 0 atom stereocenters. The van der Waals surface area contributed by atoms with Gasteiger partial charge in [0, 0.05) is 23.8 Å². The first-order chi connectivity index (χ1) is 8.81. The lowest BCUT2D eigenvalue weighted by atomic mass is 9.77. The molecule has 0 aliphatic rings. The molecule has 1 aromatic rings. The number of ketones is 1. The van der Waals surface area contributed by atoms with Gasteiger partial charge in [0.1, 0.15) is 11.5 Å². The Balaban J connectivity index is 3.26. The van der Waals surface area contributed by atoms with Crippen molar-refractivity contribution >= 4 is 5.78 Å². The van der Waals surface area contributed by atoms with Gasteiger partial charge in [-0.2, -0.15) is 0 Å². The molecule has 0 saturated carbocycles. The molecule has 19 heavy (non-hydrogen) atoms. The van der Waals surface area contributed by atoms with E-state index in [1.54, 1.807) is 0 Å². The minimum atomic E-state index is -0.185. The number of ether oxygens (including phenoxy) is 1. The van der Waals surface area contributed by atoms with Gasteiger partial charge in [0.25, 0.3) is 0 Å². The van der Waals surface area contributed by atoms with Crippen LogP contribution in [0.25, 0.3) is 0 Å². The van der Waals surface area contributed by atoms with Gasteiger partial charge in [-0.15, -0.1) is 0 Å². The summed E-state index contributed by atoms with van der Waals surface area (Å²) in [5.74, 6) is 1.22. The number of aryl methyl sites for hydroxylation is 2. The maximum absolute atomic E-state index is 11.8. The SMILES string of the molecule is CCOc1cc(C)cc(C)c1C(C)(C)CC(=O)CC. The molecule has 0 amide bonds. The third-order valence-corrected chi connectivity index (χ3v) is 3.45. The van der Waals surface area contributed by atoms with Crippen molar-refractivity contribution in [3.05, 3.63) is 28.8 Å². The van der Waals surface area contributed by atoms with Crippen LogP contribution < -0.4 is 4.74 Å². The van der Waals surface area contributed by atoms with Crippen LogP contribution in [-0.2, 0) is 10.2 Å². The monoisotopic (exact) mass is 262 g/mol. The number of carbonyl (C=O) groups is 1. The van der Waals surface area contributed by atoms with E-state index in [4.69, 9.17) is 4.74 Å². The van der Waals surface area contributed by atoms with Crippen LogP contribution in [0.3, 0.4) is 0 Å². The molecule has 106 valence electrons. The molecule has 0 aliphatic carbocycles. The second-order valence-corrected chi connectivity index (χ2v) is 5.84. The zero-order valence-corrected chi connectivity index (χ0v) is 13.1. The number of hydrogen-bond acceptors (Lipinski definition) is 2. The Labute approximate surface area is 117 Å². The Bertz CT molecular complexity index is 459. The molecule has 1 rings (SSSR count). The van der Waals surface area contributed by atoms with Crippen molar-refractivity contribution in [3.63, 3.8) is 0 Å². The van der Waals surface area contributed by atoms with Crippen molar-refractivity contribution in [1.29, 1.82) is 0 Å². The number of Topliss-reactive ketones (excluding diaryl/α,β-unsaturated/α-hetero) is 1. The molecule has 0 unspecified atom stereocenters. The first kappa shape index (κ1) is 15.7. The number of carbonyl (C=O) groups excluding carboxylic acids is 1. The lowest BCUT2D eigenvalue weighted by molar-refractivity contribution is -0.119. The minimum absolute atomic E-state index is 0.185. The molecule has 0 fully saturated rings. The van der Waals surface area contributed by atoms with Gasteiger partial charge in [-0.25, -0.2) is 0 Å². The Kier molecular flexibility index (Phi) is 5.16. The van der Waals surface area contributed by atoms with Gasteiger partial charge in [0.05, 0.1) is 6.61 Å². The van der Waals surface area contributed by atoms with Crippen LogP contribution in [0.15, 0.2) is 12.1 Å². The summed E-state index contributed by atoms with van der Waals surface area (Å²) in [5, 5.41) is 0. The highest BCUT2D eigenvalue weighted by molar-refractivity contribution is 5.79. The molecule has 0 aromatic heterocycles. The summed E-state index contributed by atoms with van der Waals surface area (Å²) in [6.45, 7) is 13.0. The van der Waals surface area contributed by atoms with E-state index in [9.17, 15) is 4.79 Å². The summed E-state index contributed by atoms with van der Waals surface area (Å²) < 4.78 is 5.79. The van der Waals surface area contributed by atoms with Gasteiger partial charge in [-0.1, -0.05) is 26.8 Å². The number of hydrogen-bond donors (Lipinski definition) is 0. The van der Waals surface area contributed by atoms with E-state index in [0.717, 1.165) is 5.75 Å². The van der Waals surface area contributed by atoms with Crippen LogP contribution in [0.5, 0.6) is 5.75 Å². The summed E-state index contributed by atoms with van der Waals surface area (Å²) in [6.07, 6.45) is 1.16.